The van der Waals surface area contributed by atoms with Crippen molar-refractivity contribution in [2.45, 2.75) is 6.92 Å². The van der Waals surface area contributed by atoms with Crippen LogP contribution in [0.3, 0.4) is 0 Å². The van der Waals surface area contributed by atoms with Crippen molar-refractivity contribution in [1.29, 1.82) is 0 Å². The summed E-state index contributed by atoms with van der Waals surface area (Å²) in [5.74, 6) is -0.233. The van der Waals surface area contributed by atoms with Crippen molar-refractivity contribution >= 4 is 29.4 Å². The summed E-state index contributed by atoms with van der Waals surface area (Å²) in [5.41, 5.74) is 3.32. The molecule has 23 heavy (non-hydrogen) atoms. The van der Waals surface area contributed by atoms with Crippen LogP contribution in [0.2, 0.25) is 0 Å². The number of anilines is 2. The molecule has 5 heteroatoms. The number of aryl methyl sites for hydroxylation is 1. The molecular formula is C18H19N3O2. The molecule has 3 amide bonds. The maximum atomic E-state index is 12.0. The molecule has 3 N–H and O–H groups in total. The summed E-state index contributed by atoms with van der Waals surface area (Å²) >= 11 is 0. The first-order valence-electron chi connectivity index (χ1n) is 7.21. The molecular weight excluding hydrogens is 290 g/mol. The number of benzene rings is 2. The van der Waals surface area contributed by atoms with Crippen molar-refractivity contribution in [3.63, 3.8) is 0 Å². The van der Waals surface area contributed by atoms with Gasteiger partial charge >= 0.3 is 6.03 Å². The highest BCUT2D eigenvalue weighted by atomic mass is 16.2. The quantitative estimate of drug-likeness (QED) is 0.758. The summed E-state index contributed by atoms with van der Waals surface area (Å²) in [5, 5.41) is 7.88. The number of amides is 3. The molecule has 0 aliphatic carbocycles. The molecule has 0 aromatic heterocycles. The molecule has 0 heterocycles. The van der Waals surface area contributed by atoms with Crippen molar-refractivity contribution in [2.75, 3.05) is 17.7 Å². The Morgan fingerprint density at radius 2 is 1.65 bits per heavy atom. The zero-order chi connectivity index (χ0) is 16.7. The molecule has 0 saturated heterocycles. The lowest BCUT2D eigenvalue weighted by atomic mass is 10.1. The van der Waals surface area contributed by atoms with E-state index in [1.165, 1.54) is 13.1 Å². The van der Waals surface area contributed by atoms with Gasteiger partial charge in [0.25, 0.3) is 0 Å². The summed E-state index contributed by atoms with van der Waals surface area (Å²) < 4.78 is 0. The average Bonchev–Trinajstić information content (AvgIpc) is 2.53. The smallest absolute Gasteiger partial charge is 0.318 e. The van der Waals surface area contributed by atoms with E-state index in [0.29, 0.717) is 11.4 Å². The molecule has 2 aromatic carbocycles. The van der Waals surface area contributed by atoms with Gasteiger partial charge < -0.3 is 16.0 Å². The van der Waals surface area contributed by atoms with Crippen LogP contribution in [0.15, 0.2) is 54.6 Å². The van der Waals surface area contributed by atoms with E-state index in [1.807, 2.05) is 31.2 Å². The number of nitrogens with one attached hydrogen (secondary N) is 3. The standard InChI is InChI=1S/C18H19N3O2/c1-13-5-3-6-14(11-13)9-10-17(22)20-15-7-4-8-16(12-15)21-18(23)19-2/h3-12H,1-2H3,(H,20,22)(H2,19,21,23)/b10-9+. The predicted molar refractivity (Wildman–Crippen MR) is 93.4 cm³/mol. The van der Waals surface area contributed by atoms with Gasteiger partial charge in [-0.25, -0.2) is 4.79 Å². The van der Waals surface area contributed by atoms with E-state index >= 15 is 0 Å². The third-order valence-corrected chi connectivity index (χ3v) is 3.08. The van der Waals surface area contributed by atoms with Crippen LogP contribution in [0.25, 0.3) is 6.08 Å². The maximum Gasteiger partial charge on any atom is 0.318 e. The van der Waals surface area contributed by atoms with Gasteiger partial charge in [0, 0.05) is 24.5 Å². The van der Waals surface area contributed by atoms with Crippen LogP contribution in [0.1, 0.15) is 11.1 Å². The van der Waals surface area contributed by atoms with Gasteiger partial charge in [-0.15, -0.1) is 0 Å². The molecule has 0 unspecified atom stereocenters. The monoisotopic (exact) mass is 309 g/mol. The summed E-state index contributed by atoms with van der Waals surface area (Å²) in [6.07, 6.45) is 3.24. The van der Waals surface area contributed by atoms with Gasteiger partial charge in [0.05, 0.1) is 0 Å². The van der Waals surface area contributed by atoms with E-state index in [2.05, 4.69) is 16.0 Å². The van der Waals surface area contributed by atoms with Gasteiger partial charge in [-0.3, -0.25) is 4.79 Å². The first kappa shape index (κ1) is 16.3. The summed E-state index contributed by atoms with van der Waals surface area (Å²) in [6, 6.07) is 14.5. The zero-order valence-corrected chi connectivity index (χ0v) is 13.1. The lowest BCUT2D eigenvalue weighted by Crippen LogP contribution is -2.24. The van der Waals surface area contributed by atoms with Gasteiger partial charge in [-0.05, 0) is 36.8 Å². The van der Waals surface area contributed by atoms with Crippen LogP contribution in [0.4, 0.5) is 16.2 Å². The molecule has 0 spiro atoms. The van der Waals surface area contributed by atoms with E-state index < -0.39 is 0 Å². The number of carbonyl (C=O) groups is 2. The van der Waals surface area contributed by atoms with Crippen molar-refractivity contribution in [1.82, 2.24) is 5.32 Å². The highest BCUT2D eigenvalue weighted by Crippen LogP contribution is 2.15. The molecule has 5 nitrogen and oxygen atoms in total. The minimum Gasteiger partial charge on any atom is -0.341 e. The average molecular weight is 309 g/mol. The van der Waals surface area contributed by atoms with Crippen LogP contribution >= 0.6 is 0 Å². The van der Waals surface area contributed by atoms with Crippen LogP contribution in [-0.2, 0) is 4.79 Å². The van der Waals surface area contributed by atoms with E-state index in [0.717, 1.165) is 11.1 Å². The third kappa shape index (κ3) is 5.32. The molecule has 0 bridgehead atoms. The fraction of sp³-hybridized carbons (Fsp3) is 0.111. The van der Waals surface area contributed by atoms with E-state index in [1.54, 1.807) is 30.3 Å². The van der Waals surface area contributed by atoms with Crippen molar-refractivity contribution in [3.05, 3.63) is 65.7 Å². The number of hydrogen-bond donors (Lipinski definition) is 3. The second-order valence-electron chi connectivity index (χ2n) is 5.02. The zero-order valence-electron chi connectivity index (χ0n) is 13.1. The molecule has 2 rings (SSSR count). The van der Waals surface area contributed by atoms with Gasteiger partial charge in [0.1, 0.15) is 0 Å². The molecule has 0 atom stereocenters. The van der Waals surface area contributed by atoms with Crippen molar-refractivity contribution in [3.8, 4) is 0 Å². The Kier molecular flexibility index (Phi) is 5.52. The minimum atomic E-state index is -0.312. The lowest BCUT2D eigenvalue weighted by Gasteiger charge is -2.07. The van der Waals surface area contributed by atoms with Crippen LogP contribution in [0, 0.1) is 6.92 Å². The molecule has 2 aromatic rings. The number of hydrogen-bond acceptors (Lipinski definition) is 2. The molecule has 0 radical (unpaired) electrons. The Balaban J connectivity index is 2.00. The normalized spacial score (nSPS) is 10.3. The Bertz CT molecular complexity index is 739. The lowest BCUT2D eigenvalue weighted by molar-refractivity contribution is -0.111. The van der Waals surface area contributed by atoms with E-state index in [4.69, 9.17) is 0 Å². The topological polar surface area (TPSA) is 70.2 Å². The third-order valence-electron chi connectivity index (χ3n) is 3.08. The molecule has 0 fully saturated rings. The summed E-state index contributed by atoms with van der Waals surface area (Å²) in [4.78, 5) is 23.2. The largest absolute Gasteiger partial charge is 0.341 e. The molecule has 0 aliphatic rings. The highest BCUT2D eigenvalue weighted by Gasteiger charge is 2.02. The second-order valence-corrected chi connectivity index (χ2v) is 5.02. The number of carbonyl (C=O) groups excluding carboxylic acids is 2. The van der Waals surface area contributed by atoms with E-state index in [9.17, 15) is 9.59 Å². The van der Waals surface area contributed by atoms with Crippen molar-refractivity contribution < 1.29 is 9.59 Å². The van der Waals surface area contributed by atoms with Crippen LogP contribution in [0.5, 0.6) is 0 Å². The second kappa shape index (κ2) is 7.79. The first-order valence-corrected chi connectivity index (χ1v) is 7.21. The highest BCUT2D eigenvalue weighted by molar-refractivity contribution is 6.02. The van der Waals surface area contributed by atoms with Crippen molar-refractivity contribution in [2.24, 2.45) is 0 Å². The molecule has 0 saturated carbocycles. The number of rotatable bonds is 4. The Hall–Kier alpha value is -3.08. The molecule has 118 valence electrons. The Labute approximate surface area is 135 Å². The fourth-order valence-corrected chi connectivity index (χ4v) is 2.00. The summed E-state index contributed by atoms with van der Waals surface area (Å²) in [6.45, 7) is 2.00. The number of urea groups is 1. The van der Waals surface area contributed by atoms with Gasteiger partial charge in [0.15, 0.2) is 0 Å². The minimum absolute atomic E-state index is 0.233. The molecule has 0 aliphatic heterocycles. The van der Waals surface area contributed by atoms with Gasteiger partial charge in [-0.2, -0.15) is 0 Å². The SMILES string of the molecule is CNC(=O)Nc1cccc(NC(=O)/C=C/c2cccc(C)c2)c1. The van der Waals surface area contributed by atoms with Crippen LogP contribution < -0.4 is 16.0 Å². The van der Waals surface area contributed by atoms with E-state index in [-0.39, 0.29) is 11.9 Å². The summed E-state index contributed by atoms with van der Waals surface area (Å²) in [7, 11) is 1.54. The predicted octanol–water partition coefficient (Wildman–Crippen LogP) is 3.40. The Morgan fingerprint density at radius 3 is 2.35 bits per heavy atom. The Morgan fingerprint density at radius 1 is 0.957 bits per heavy atom. The fourth-order valence-electron chi connectivity index (χ4n) is 2.00. The maximum absolute atomic E-state index is 12.0. The van der Waals surface area contributed by atoms with Gasteiger partial charge in [-0.1, -0.05) is 35.9 Å². The first-order chi connectivity index (χ1) is 11.1. The van der Waals surface area contributed by atoms with Crippen LogP contribution in [-0.4, -0.2) is 19.0 Å². The van der Waals surface area contributed by atoms with Gasteiger partial charge in [0.2, 0.25) is 5.91 Å².